The molecule has 2 aromatic rings. The van der Waals surface area contributed by atoms with Gasteiger partial charge in [-0.2, -0.15) is 5.10 Å². The van der Waals surface area contributed by atoms with Crippen molar-refractivity contribution in [2.75, 3.05) is 6.54 Å². The molecule has 2 rings (SSSR count). The van der Waals surface area contributed by atoms with Crippen molar-refractivity contribution < 1.29 is 9.84 Å². The van der Waals surface area contributed by atoms with E-state index in [0.717, 1.165) is 22.6 Å². The van der Waals surface area contributed by atoms with E-state index in [-0.39, 0.29) is 6.10 Å². The molecular formula is C17H25N3O2. The Labute approximate surface area is 131 Å². The monoisotopic (exact) mass is 303 g/mol. The van der Waals surface area contributed by atoms with Crippen LogP contribution in [0.3, 0.4) is 0 Å². The van der Waals surface area contributed by atoms with E-state index in [1.807, 2.05) is 63.0 Å². The van der Waals surface area contributed by atoms with Crippen molar-refractivity contribution >= 4 is 0 Å². The summed E-state index contributed by atoms with van der Waals surface area (Å²) in [6.07, 6.45) is 1.47. The molecule has 1 atom stereocenters. The Morgan fingerprint density at radius 2 is 1.95 bits per heavy atom. The normalized spacial score (nSPS) is 12.6. The maximum atomic E-state index is 10.2. The summed E-state index contributed by atoms with van der Waals surface area (Å²) < 4.78 is 7.44. The molecule has 0 aliphatic carbocycles. The van der Waals surface area contributed by atoms with Gasteiger partial charge in [0.25, 0.3) is 0 Å². The average molecular weight is 303 g/mol. The van der Waals surface area contributed by atoms with Gasteiger partial charge in [0.05, 0.1) is 18.4 Å². The Bertz CT molecular complexity index is 590. The van der Waals surface area contributed by atoms with E-state index in [0.29, 0.717) is 13.1 Å². The first-order valence-corrected chi connectivity index (χ1v) is 7.60. The number of nitrogens with one attached hydrogen (secondary N) is 1. The van der Waals surface area contributed by atoms with Crippen LogP contribution in [0.5, 0.6) is 5.75 Å². The molecule has 0 saturated carbocycles. The third-order valence-corrected chi connectivity index (χ3v) is 3.63. The van der Waals surface area contributed by atoms with Gasteiger partial charge in [0.1, 0.15) is 5.75 Å². The summed E-state index contributed by atoms with van der Waals surface area (Å²) >= 11 is 0. The third kappa shape index (κ3) is 4.32. The lowest BCUT2D eigenvalue weighted by Gasteiger charge is -2.14. The number of aryl methyl sites for hydroxylation is 1. The number of aliphatic hydroxyl groups excluding tert-OH is 1. The molecule has 0 bridgehead atoms. The Kier molecular flexibility index (Phi) is 5.57. The highest BCUT2D eigenvalue weighted by Gasteiger charge is 2.09. The van der Waals surface area contributed by atoms with Crippen LogP contribution in [0.2, 0.25) is 0 Å². The van der Waals surface area contributed by atoms with Gasteiger partial charge in [-0.05, 0) is 38.5 Å². The lowest BCUT2D eigenvalue weighted by atomic mass is 10.1. The van der Waals surface area contributed by atoms with Crippen molar-refractivity contribution in [3.8, 4) is 5.75 Å². The third-order valence-electron chi connectivity index (χ3n) is 3.63. The highest BCUT2D eigenvalue weighted by molar-refractivity contribution is 5.28. The molecule has 0 aliphatic heterocycles. The van der Waals surface area contributed by atoms with Crippen molar-refractivity contribution in [1.29, 1.82) is 0 Å². The minimum Gasteiger partial charge on any atom is -0.491 e. The molecule has 120 valence electrons. The van der Waals surface area contributed by atoms with E-state index in [2.05, 4.69) is 10.4 Å². The minimum absolute atomic E-state index is 0.153. The molecule has 0 fully saturated rings. The maximum Gasteiger partial charge on any atom is 0.119 e. The summed E-state index contributed by atoms with van der Waals surface area (Å²) in [5, 5.41) is 17.7. The fourth-order valence-electron chi connectivity index (χ4n) is 2.22. The van der Waals surface area contributed by atoms with Gasteiger partial charge in [-0.1, -0.05) is 12.1 Å². The number of hydrogen-bond acceptors (Lipinski definition) is 4. The maximum absolute atomic E-state index is 10.2. The van der Waals surface area contributed by atoms with Crippen molar-refractivity contribution in [2.24, 2.45) is 7.05 Å². The first-order valence-electron chi connectivity index (χ1n) is 7.60. The van der Waals surface area contributed by atoms with E-state index < -0.39 is 6.10 Å². The van der Waals surface area contributed by atoms with Crippen LogP contribution in [-0.2, 0) is 13.6 Å². The number of rotatable bonds is 7. The molecular weight excluding hydrogens is 278 g/mol. The van der Waals surface area contributed by atoms with Crippen LogP contribution in [0, 0.1) is 6.92 Å². The highest BCUT2D eigenvalue weighted by atomic mass is 16.5. The lowest BCUT2D eigenvalue weighted by Crippen LogP contribution is -2.21. The molecule has 0 saturated heterocycles. The van der Waals surface area contributed by atoms with Crippen molar-refractivity contribution in [1.82, 2.24) is 15.1 Å². The van der Waals surface area contributed by atoms with E-state index >= 15 is 0 Å². The number of aromatic nitrogens is 2. The summed E-state index contributed by atoms with van der Waals surface area (Å²) in [7, 11) is 1.93. The van der Waals surface area contributed by atoms with E-state index in [9.17, 15) is 5.11 Å². The first-order chi connectivity index (χ1) is 10.5. The second-order valence-electron chi connectivity index (χ2n) is 5.76. The molecule has 22 heavy (non-hydrogen) atoms. The molecule has 5 nitrogen and oxygen atoms in total. The average Bonchev–Trinajstić information content (AvgIpc) is 2.79. The van der Waals surface area contributed by atoms with Crippen LogP contribution >= 0.6 is 0 Å². The summed E-state index contributed by atoms with van der Waals surface area (Å²) in [5.41, 5.74) is 3.17. The van der Waals surface area contributed by atoms with Crippen LogP contribution in [0.25, 0.3) is 0 Å². The molecule has 1 unspecified atom stereocenters. The Morgan fingerprint density at radius 1 is 1.27 bits per heavy atom. The van der Waals surface area contributed by atoms with Gasteiger partial charge in [0.2, 0.25) is 0 Å². The first kappa shape index (κ1) is 16.5. The van der Waals surface area contributed by atoms with Gasteiger partial charge < -0.3 is 15.2 Å². The second-order valence-corrected chi connectivity index (χ2v) is 5.76. The molecule has 0 aliphatic rings. The van der Waals surface area contributed by atoms with Gasteiger partial charge in [-0.15, -0.1) is 0 Å². The lowest BCUT2D eigenvalue weighted by molar-refractivity contribution is 0.174. The molecule has 5 heteroatoms. The van der Waals surface area contributed by atoms with Crippen LogP contribution in [0.1, 0.15) is 36.8 Å². The summed E-state index contributed by atoms with van der Waals surface area (Å²) in [6.45, 7) is 7.22. The smallest absolute Gasteiger partial charge is 0.119 e. The number of aliphatic hydroxyl groups is 1. The number of nitrogens with zero attached hydrogens (tertiary/aromatic N) is 2. The number of hydrogen-bond donors (Lipinski definition) is 2. The zero-order chi connectivity index (χ0) is 16.1. The van der Waals surface area contributed by atoms with Gasteiger partial charge in [-0.25, -0.2) is 0 Å². The van der Waals surface area contributed by atoms with Gasteiger partial charge >= 0.3 is 0 Å². The van der Waals surface area contributed by atoms with Crippen molar-refractivity contribution in [3.05, 3.63) is 47.3 Å². The van der Waals surface area contributed by atoms with Gasteiger partial charge in [-0.3, -0.25) is 4.68 Å². The van der Waals surface area contributed by atoms with Crippen LogP contribution in [0.4, 0.5) is 0 Å². The number of ether oxygens (including phenoxy) is 1. The quantitative estimate of drug-likeness (QED) is 0.824. The van der Waals surface area contributed by atoms with Crippen LogP contribution in [-0.4, -0.2) is 27.5 Å². The van der Waals surface area contributed by atoms with Crippen molar-refractivity contribution in [2.45, 2.75) is 39.5 Å². The molecule has 1 heterocycles. The predicted molar refractivity (Wildman–Crippen MR) is 86.8 cm³/mol. The van der Waals surface area contributed by atoms with Crippen LogP contribution in [0.15, 0.2) is 30.5 Å². The topological polar surface area (TPSA) is 59.3 Å². The second kappa shape index (κ2) is 7.42. The van der Waals surface area contributed by atoms with Gasteiger partial charge in [0, 0.05) is 31.4 Å². The van der Waals surface area contributed by atoms with Crippen molar-refractivity contribution in [3.63, 3.8) is 0 Å². The number of benzene rings is 1. The van der Waals surface area contributed by atoms with E-state index in [1.165, 1.54) is 0 Å². The summed E-state index contributed by atoms with van der Waals surface area (Å²) in [4.78, 5) is 0. The summed E-state index contributed by atoms with van der Waals surface area (Å²) in [6, 6.07) is 7.59. The molecule has 0 spiro atoms. The minimum atomic E-state index is -0.537. The molecule has 1 aromatic heterocycles. The molecule has 0 radical (unpaired) electrons. The fraction of sp³-hybridized carbons (Fsp3) is 0.471. The zero-order valence-corrected chi connectivity index (χ0v) is 13.7. The highest BCUT2D eigenvalue weighted by Crippen LogP contribution is 2.18. The largest absolute Gasteiger partial charge is 0.491 e. The van der Waals surface area contributed by atoms with Crippen LogP contribution < -0.4 is 10.1 Å². The SMILES string of the molecule is Cc1c(CNCC(O)c2ccc(OC(C)C)cc2)cnn1C. The summed E-state index contributed by atoms with van der Waals surface area (Å²) in [5.74, 6) is 0.824. The molecule has 1 aromatic carbocycles. The predicted octanol–water partition coefficient (Wildman–Crippen LogP) is 2.34. The van der Waals surface area contributed by atoms with Gasteiger partial charge in [0.15, 0.2) is 0 Å². The van der Waals surface area contributed by atoms with E-state index in [4.69, 9.17) is 4.74 Å². The standard InChI is InChI=1S/C17H25N3O2/c1-12(2)22-16-7-5-14(6-8-16)17(21)11-18-9-15-10-19-20(4)13(15)3/h5-8,10,12,17-18,21H,9,11H2,1-4H3. The Hall–Kier alpha value is -1.85. The van der Waals surface area contributed by atoms with E-state index in [1.54, 1.807) is 0 Å². The Morgan fingerprint density at radius 3 is 2.50 bits per heavy atom. The molecule has 0 amide bonds. The molecule has 2 N–H and O–H groups in total. The Balaban J connectivity index is 1.84. The fourth-order valence-corrected chi connectivity index (χ4v) is 2.22. The zero-order valence-electron chi connectivity index (χ0n) is 13.7.